The van der Waals surface area contributed by atoms with Gasteiger partial charge >= 0.3 is 0 Å². The maximum atomic E-state index is 13.4. The van der Waals surface area contributed by atoms with Gasteiger partial charge in [0.2, 0.25) is 0 Å². The summed E-state index contributed by atoms with van der Waals surface area (Å²) in [5, 5.41) is 3.91. The lowest BCUT2D eigenvalue weighted by Crippen LogP contribution is -2.53. The van der Waals surface area contributed by atoms with E-state index in [1.807, 2.05) is 25.1 Å². The van der Waals surface area contributed by atoms with Gasteiger partial charge in [-0.3, -0.25) is 4.79 Å². The molecule has 1 atom stereocenters. The minimum atomic E-state index is -0.130. The zero-order valence-corrected chi connectivity index (χ0v) is 18.3. The summed E-state index contributed by atoms with van der Waals surface area (Å²) in [6.45, 7) is 2.58. The highest BCUT2D eigenvalue weighted by atomic mass is 35.5. The number of carbonyl (C=O) groups excluding carboxylic acids is 1. The molecule has 4 nitrogen and oxygen atoms in total. The summed E-state index contributed by atoms with van der Waals surface area (Å²) in [5.74, 6) is 0.406. The Morgan fingerprint density at radius 2 is 1.86 bits per heavy atom. The van der Waals surface area contributed by atoms with Gasteiger partial charge in [-0.05, 0) is 57.1 Å². The van der Waals surface area contributed by atoms with Crippen LogP contribution in [0.15, 0.2) is 48.5 Å². The summed E-state index contributed by atoms with van der Waals surface area (Å²) in [4.78, 5) is 15.7. The fourth-order valence-electron chi connectivity index (χ4n) is 4.38. The molecule has 0 saturated heterocycles. The van der Waals surface area contributed by atoms with Gasteiger partial charge in [0.15, 0.2) is 0 Å². The van der Waals surface area contributed by atoms with Crippen molar-refractivity contribution in [1.82, 2.24) is 10.2 Å². The molecular weight excluding hydrogens is 384 g/mol. The third-order valence-electron chi connectivity index (χ3n) is 5.96. The first-order valence-corrected chi connectivity index (χ1v) is 10.8. The maximum absolute atomic E-state index is 13.4. The molecule has 1 unspecified atom stereocenters. The minimum Gasteiger partial charge on any atom is -0.493 e. The molecule has 0 aliphatic heterocycles. The number of nitrogens with zero attached hydrogens (tertiary/aromatic N) is 1. The molecular formula is C24H31ClN2O2. The Kier molecular flexibility index (Phi) is 7.20. The molecule has 2 aromatic carbocycles. The predicted octanol–water partition coefficient (Wildman–Crippen LogP) is 5.47. The lowest BCUT2D eigenvalue weighted by Gasteiger charge is -2.44. The second-order valence-electron chi connectivity index (χ2n) is 8.01. The quantitative estimate of drug-likeness (QED) is 0.622. The highest BCUT2D eigenvalue weighted by molar-refractivity contribution is 6.30. The van der Waals surface area contributed by atoms with E-state index in [4.69, 9.17) is 16.3 Å². The van der Waals surface area contributed by atoms with Crippen LogP contribution in [-0.2, 0) is 0 Å². The number of amides is 1. The van der Waals surface area contributed by atoms with Crippen LogP contribution in [0.2, 0.25) is 5.02 Å². The van der Waals surface area contributed by atoms with E-state index in [9.17, 15) is 4.79 Å². The smallest absolute Gasteiger partial charge is 0.255 e. The third kappa shape index (κ3) is 4.76. The highest BCUT2D eigenvalue weighted by Gasteiger charge is 2.44. The van der Waals surface area contributed by atoms with Crippen LogP contribution in [0.25, 0.3) is 0 Å². The predicted molar refractivity (Wildman–Crippen MR) is 119 cm³/mol. The van der Waals surface area contributed by atoms with E-state index in [0.717, 1.165) is 24.8 Å². The largest absolute Gasteiger partial charge is 0.493 e. The molecule has 0 heterocycles. The van der Waals surface area contributed by atoms with E-state index in [-0.39, 0.29) is 17.5 Å². The molecule has 5 heteroatoms. The summed E-state index contributed by atoms with van der Waals surface area (Å²) >= 11 is 6.15. The Morgan fingerprint density at radius 3 is 2.48 bits per heavy atom. The summed E-state index contributed by atoms with van der Waals surface area (Å²) in [5.41, 5.74) is 1.55. The molecule has 1 N–H and O–H groups in total. The number of ether oxygens (including phenoxy) is 1. The number of carbonyl (C=O) groups is 1. The van der Waals surface area contributed by atoms with Crippen LogP contribution in [-0.4, -0.2) is 37.0 Å². The maximum Gasteiger partial charge on any atom is 0.255 e. The van der Waals surface area contributed by atoms with Crippen molar-refractivity contribution < 1.29 is 9.53 Å². The molecule has 1 saturated carbocycles. The second-order valence-corrected chi connectivity index (χ2v) is 8.45. The molecule has 1 amide bonds. The van der Waals surface area contributed by atoms with Crippen LogP contribution in [0.5, 0.6) is 5.75 Å². The summed E-state index contributed by atoms with van der Waals surface area (Å²) < 4.78 is 5.82. The molecule has 156 valence electrons. The van der Waals surface area contributed by atoms with Crippen LogP contribution < -0.4 is 10.1 Å². The van der Waals surface area contributed by atoms with Gasteiger partial charge in [0, 0.05) is 10.6 Å². The number of halogens is 1. The van der Waals surface area contributed by atoms with Crippen molar-refractivity contribution in [1.29, 1.82) is 0 Å². The van der Waals surface area contributed by atoms with Gasteiger partial charge in [0.1, 0.15) is 5.75 Å². The topological polar surface area (TPSA) is 41.6 Å². The normalized spacial score (nSPS) is 16.6. The number of hydrogen-bond acceptors (Lipinski definition) is 3. The Morgan fingerprint density at radius 1 is 1.17 bits per heavy atom. The molecule has 0 bridgehead atoms. The third-order valence-corrected chi connectivity index (χ3v) is 6.19. The Balaban J connectivity index is 1.96. The van der Waals surface area contributed by atoms with Crippen molar-refractivity contribution in [2.24, 2.45) is 0 Å². The summed E-state index contributed by atoms with van der Waals surface area (Å²) in [6, 6.07) is 15.4. The first-order valence-electron chi connectivity index (χ1n) is 10.4. The SMILES string of the molecule is CCCOc1cc(Cl)ccc1C(=O)NC(c1ccccc1)C1(N(C)C)CCCC1. The number of rotatable bonds is 8. The highest BCUT2D eigenvalue weighted by Crippen LogP contribution is 2.43. The molecule has 1 aliphatic carbocycles. The van der Waals surface area contributed by atoms with Crippen molar-refractivity contribution in [3.63, 3.8) is 0 Å². The van der Waals surface area contributed by atoms with Crippen molar-refractivity contribution in [2.45, 2.75) is 50.6 Å². The Hall–Kier alpha value is -2.04. The number of nitrogens with one attached hydrogen (secondary N) is 1. The first-order chi connectivity index (χ1) is 14.0. The van der Waals surface area contributed by atoms with Crippen LogP contribution in [0.3, 0.4) is 0 Å². The molecule has 1 aliphatic rings. The van der Waals surface area contributed by atoms with Gasteiger partial charge in [-0.1, -0.05) is 61.7 Å². The van der Waals surface area contributed by atoms with E-state index < -0.39 is 0 Å². The number of benzene rings is 2. The van der Waals surface area contributed by atoms with Gasteiger partial charge in [0.05, 0.1) is 18.2 Å². The standard InChI is InChI=1S/C24H31ClN2O2/c1-4-16-29-21-17-19(25)12-13-20(21)23(28)26-22(18-10-6-5-7-11-18)24(27(2)3)14-8-9-15-24/h5-7,10-13,17,22H,4,8-9,14-16H2,1-3H3,(H,26,28). The Labute approximate surface area is 179 Å². The molecule has 1 fully saturated rings. The number of likely N-dealkylation sites (N-methyl/N-ethyl adjacent to an activating group) is 1. The van der Waals surface area contributed by atoms with E-state index in [1.165, 1.54) is 12.8 Å². The van der Waals surface area contributed by atoms with Crippen LogP contribution in [0.4, 0.5) is 0 Å². The van der Waals surface area contributed by atoms with Gasteiger partial charge in [-0.15, -0.1) is 0 Å². The van der Waals surface area contributed by atoms with Gasteiger partial charge in [-0.2, -0.15) is 0 Å². The fourth-order valence-corrected chi connectivity index (χ4v) is 4.54. The van der Waals surface area contributed by atoms with E-state index in [1.54, 1.807) is 18.2 Å². The second kappa shape index (κ2) is 9.64. The fraction of sp³-hybridized carbons (Fsp3) is 0.458. The summed E-state index contributed by atoms with van der Waals surface area (Å²) in [7, 11) is 4.23. The van der Waals surface area contributed by atoms with E-state index >= 15 is 0 Å². The van der Waals surface area contributed by atoms with E-state index in [2.05, 4.69) is 36.4 Å². The first kappa shape index (κ1) is 21.7. The molecule has 0 radical (unpaired) electrons. The minimum absolute atomic E-state index is 0.103. The zero-order valence-electron chi connectivity index (χ0n) is 17.6. The van der Waals surface area contributed by atoms with Crippen molar-refractivity contribution in [3.8, 4) is 5.75 Å². The zero-order chi connectivity index (χ0) is 20.9. The number of hydrogen-bond donors (Lipinski definition) is 1. The average molecular weight is 415 g/mol. The molecule has 0 spiro atoms. The van der Waals surface area contributed by atoms with Crippen LogP contribution in [0.1, 0.15) is 61.0 Å². The van der Waals surface area contributed by atoms with Gasteiger partial charge < -0.3 is 15.0 Å². The van der Waals surface area contributed by atoms with Crippen molar-refractivity contribution in [3.05, 3.63) is 64.7 Å². The van der Waals surface area contributed by atoms with Crippen LogP contribution >= 0.6 is 11.6 Å². The van der Waals surface area contributed by atoms with E-state index in [0.29, 0.717) is 22.9 Å². The lowest BCUT2D eigenvalue weighted by molar-refractivity contribution is 0.0763. The molecule has 29 heavy (non-hydrogen) atoms. The lowest BCUT2D eigenvalue weighted by atomic mass is 9.82. The Bertz CT molecular complexity index is 817. The van der Waals surface area contributed by atoms with Crippen LogP contribution in [0, 0.1) is 0 Å². The molecule has 0 aromatic heterocycles. The molecule has 2 aromatic rings. The van der Waals surface area contributed by atoms with Crippen molar-refractivity contribution in [2.75, 3.05) is 20.7 Å². The van der Waals surface area contributed by atoms with Gasteiger partial charge in [-0.25, -0.2) is 0 Å². The summed E-state index contributed by atoms with van der Waals surface area (Å²) in [6.07, 6.45) is 5.32. The van der Waals surface area contributed by atoms with Crippen molar-refractivity contribution >= 4 is 17.5 Å². The monoisotopic (exact) mass is 414 g/mol. The molecule has 3 rings (SSSR count). The van der Waals surface area contributed by atoms with Gasteiger partial charge in [0.25, 0.3) is 5.91 Å². The average Bonchev–Trinajstić information content (AvgIpc) is 3.22.